The largest absolute Gasteiger partial charge is 0.381 e. The summed E-state index contributed by atoms with van der Waals surface area (Å²) in [7, 11) is 0. The van der Waals surface area contributed by atoms with E-state index in [2.05, 4.69) is 0 Å². The van der Waals surface area contributed by atoms with Crippen LogP contribution in [0.3, 0.4) is 0 Å². The van der Waals surface area contributed by atoms with Gasteiger partial charge < -0.3 is 9.47 Å². The van der Waals surface area contributed by atoms with Crippen molar-refractivity contribution in [1.29, 1.82) is 0 Å². The molecule has 1 aliphatic heterocycles. The Morgan fingerprint density at radius 1 is 1.14 bits per heavy atom. The molecule has 2 aromatic carbocycles. The molecule has 0 radical (unpaired) electrons. The lowest BCUT2D eigenvalue weighted by Crippen LogP contribution is -2.46. The number of carbonyl (C=O) groups is 1. The first kappa shape index (κ1) is 14.2. The fraction of sp³-hybridized carbons (Fsp3) is 0.389. The molecule has 110 valence electrons. The van der Waals surface area contributed by atoms with E-state index in [-0.39, 0.29) is 5.78 Å². The van der Waals surface area contributed by atoms with Crippen molar-refractivity contribution >= 4 is 16.6 Å². The minimum atomic E-state index is -0.725. The third kappa shape index (κ3) is 2.59. The minimum Gasteiger partial charge on any atom is -0.381 e. The van der Waals surface area contributed by atoms with Crippen molar-refractivity contribution in [1.82, 2.24) is 0 Å². The predicted molar refractivity (Wildman–Crippen MR) is 82.7 cm³/mol. The van der Waals surface area contributed by atoms with E-state index in [1.807, 2.05) is 49.4 Å². The van der Waals surface area contributed by atoms with Gasteiger partial charge in [0.05, 0.1) is 0 Å². The second kappa shape index (κ2) is 5.96. The molecule has 0 unspecified atom stereocenters. The zero-order chi connectivity index (χ0) is 14.7. The lowest BCUT2D eigenvalue weighted by Gasteiger charge is -2.35. The van der Waals surface area contributed by atoms with Gasteiger partial charge in [-0.25, -0.2) is 0 Å². The summed E-state index contributed by atoms with van der Waals surface area (Å²) in [4.78, 5) is 13.1. The molecule has 0 aromatic heterocycles. The van der Waals surface area contributed by atoms with Crippen molar-refractivity contribution in [2.24, 2.45) is 0 Å². The summed E-state index contributed by atoms with van der Waals surface area (Å²) < 4.78 is 11.3. The van der Waals surface area contributed by atoms with Gasteiger partial charge in [-0.15, -0.1) is 0 Å². The van der Waals surface area contributed by atoms with Gasteiger partial charge in [0.1, 0.15) is 5.60 Å². The summed E-state index contributed by atoms with van der Waals surface area (Å²) >= 11 is 0. The van der Waals surface area contributed by atoms with Gasteiger partial charge in [0.2, 0.25) is 0 Å². The molecule has 3 nitrogen and oxygen atoms in total. The van der Waals surface area contributed by atoms with Gasteiger partial charge in [-0.3, -0.25) is 4.79 Å². The number of ether oxygens (including phenoxy) is 2. The molecule has 21 heavy (non-hydrogen) atoms. The van der Waals surface area contributed by atoms with Gasteiger partial charge in [-0.05, 0) is 17.7 Å². The number of Topliss-reactive ketones (excluding diaryl/α,β-unsaturated/α-hetero) is 1. The third-order valence-electron chi connectivity index (χ3n) is 4.17. The number of rotatable bonds is 4. The zero-order valence-electron chi connectivity index (χ0n) is 12.3. The number of hydrogen-bond acceptors (Lipinski definition) is 3. The van der Waals surface area contributed by atoms with Gasteiger partial charge in [0.15, 0.2) is 5.78 Å². The highest BCUT2D eigenvalue weighted by atomic mass is 16.5. The maximum Gasteiger partial charge on any atom is 0.195 e. The van der Waals surface area contributed by atoms with E-state index in [4.69, 9.17) is 9.47 Å². The van der Waals surface area contributed by atoms with Crippen molar-refractivity contribution < 1.29 is 14.3 Å². The molecule has 0 aliphatic carbocycles. The van der Waals surface area contributed by atoms with E-state index in [1.54, 1.807) is 0 Å². The van der Waals surface area contributed by atoms with Crippen molar-refractivity contribution in [2.45, 2.75) is 25.4 Å². The van der Waals surface area contributed by atoms with Gasteiger partial charge in [-0.1, -0.05) is 42.5 Å². The van der Waals surface area contributed by atoms with E-state index in [9.17, 15) is 4.79 Å². The smallest absolute Gasteiger partial charge is 0.195 e. The summed E-state index contributed by atoms with van der Waals surface area (Å²) in [6.07, 6.45) is 1.26. The topological polar surface area (TPSA) is 35.5 Å². The first-order chi connectivity index (χ1) is 10.3. The second-order valence-corrected chi connectivity index (χ2v) is 5.40. The third-order valence-corrected chi connectivity index (χ3v) is 4.17. The van der Waals surface area contributed by atoms with Gasteiger partial charge in [-0.2, -0.15) is 0 Å². The fourth-order valence-corrected chi connectivity index (χ4v) is 3.08. The van der Waals surface area contributed by atoms with Crippen LogP contribution in [0, 0.1) is 0 Å². The van der Waals surface area contributed by atoms with Crippen LogP contribution in [0.4, 0.5) is 0 Å². The Hall–Kier alpha value is -1.71. The molecular formula is C18H20O3. The maximum absolute atomic E-state index is 13.1. The SMILES string of the molecule is CCOC1(C(=O)c2cccc3ccccc23)CCOCC1. The van der Waals surface area contributed by atoms with E-state index < -0.39 is 5.60 Å². The Bertz CT molecular complexity index is 631. The van der Waals surface area contributed by atoms with Crippen LogP contribution in [-0.2, 0) is 9.47 Å². The highest BCUT2D eigenvalue weighted by Gasteiger charge is 2.41. The highest BCUT2D eigenvalue weighted by Crippen LogP contribution is 2.32. The van der Waals surface area contributed by atoms with E-state index in [0.29, 0.717) is 32.7 Å². The molecule has 3 rings (SSSR count). The Balaban J connectivity index is 2.06. The standard InChI is InChI=1S/C18H20O3/c1-2-21-18(10-12-20-13-11-18)17(19)16-9-5-7-14-6-3-4-8-15(14)16/h3-9H,2,10-13H2,1H3. The fourth-order valence-electron chi connectivity index (χ4n) is 3.08. The summed E-state index contributed by atoms with van der Waals surface area (Å²) in [5, 5.41) is 2.08. The van der Waals surface area contributed by atoms with Crippen LogP contribution in [0.2, 0.25) is 0 Å². The van der Waals surface area contributed by atoms with Crippen LogP contribution in [0.25, 0.3) is 10.8 Å². The second-order valence-electron chi connectivity index (χ2n) is 5.40. The summed E-state index contributed by atoms with van der Waals surface area (Å²) in [6.45, 7) is 3.64. The summed E-state index contributed by atoms with van der Waals surface area (Å²) in [5.74, 6) is 0.0875. The van der Waals surface area contributed by atoms with Crippen molar-refractivity contribution in [3.05, 3.63) is 48.0 Å². The van der Waals surface area contributed by atoms with Crippen LogP contribution < -0.4 is 0 Å². The van der Waals surface area contributed by atoms with Crippen LogP contribution in [0.1, 0.15) is 30.1 Å². The molecule has 1 heterocycles. The quantitative estimate of drug-likeness (QED) is 0.805. The zero-order valence-corrected chi connectivity index (χ0v) is 12.3. The van der Waals surface area contributed by atoms with Crippen LogP contribution >= 0.6 is 0 Å². The first-order valence-corrected chi connectivity index (χ1v) is 7.51. The summed E-state index contributed by atoms with van der Waals surface area (Å²) in [5.41, 5.74) is 0.0281. The Kier molecular flexibility index (Phi) is 4.04. The molecule has 0 atom stereocenters. The van der Waals surface area contributed by atoms with Crippen LogP contribution in [0.5, 0.6) is 0 Å². The predicted octanol–water partition coefficient (Wildman–Crippen LogP) is 3.61. The molecule has 1 saturated heterocycles. The lowest BCUT2D eigenvalue weighted by atomic mass is 9.84. The molecule has 1 aliphatic rings. The number of fused-ring (bicyclic) bond motifs is 1. The lowest BCUT2D eigenvalue weighted by molar-refractivity contribution is -0.0821. The average Bonchev–Trinajstić information content (AvgIpc) is 2.55. The van der Waals surface area contributed by atoms with Crippen LogP contribution in [0.15, 0.2) is 42.5 Å². The Labute approximate surface area is 124 Å². The molecule has 1 fully saturated rings. The Morgan fingerprint density at radius 2 is 1.86 bits per heavy atom. The minimum absolute atomic E-state index is 0.0875. The summed E-state index contributed by atoms with van der Waals surface area (Å²) in [6, 6.07) is 13.9. The van der Waals surface area contributed by atoms with Gasteiger partial charge in [0, 0.05) is 38.2 Å². The molecule has 0 bridgehead atoms. The van der Waals surface area contributed by atoms with Crippen molar-refractivity contribution in [3.8, 4) is 0 Å². The number of ketones is 1. The van der Waals surface area contributed by atoms with E-state index >= 15 is 0 Å². The molecule has 2 aromatic rings. The van der Waals surface area contributed by atoms with Crippen molar-refractivity contribution in [2.75, 3.05) is 19.8 Å². The molecular weight excluding hydrogens is 264 g/mol. The number of benzene rings is 2. The molecule has 0 saturated carbocycles. The number of carbonyl (C=O) groups excluding carboxylic acids is 1. The highest BCUT2D eigenvalue weighted by molar-refractivity contribution is 6.12. The molecule has 0 N–H and O–H groups in total. The molecule has 0 spiro atoms. The van der Waals surface area contributed by atoms with E-state index in [1.165, 1.54) is 0 Å². The molecule has 3 heteroatoms. The maximum atomic E-state index is 13.1. The van der Waals surface area contributed by atoms with Crippen molar-refractivity contribution in [3.63, 3.8) is 0 Å². The van der Waals surface area contributed by atoms with Crippen LogP contribution in [-0.4, -0.2) is 31.2 Å². The monoisotopic (exact) mass is 284 g/mol. The average molecular weight is 284 g/mol. The Morgan fingerprint density at radius 3 is 2.62 bits per heavy atom. The normalized spacial score (nSPS) is 17.8. The number of hydrogen-bond donors (Lipinski definition) is 0. The molecule has 0 amide bonds. The first-order valence-electron chi connectivity index (χ1n) is 7.51. The van der Waals surface area contributed by atoms with Gasteiger partial charge >= 0.3 is 0 Å². The van der Waals surface area contributed by atoms with Gasteiger partial charge in [0.25, 0.3) is 0 Å². The van der Waals surface area contributed by atoms with E-state index in [0.717, 1.165) is 16.3 Å².